The number of esters is 1. The van der Waals surface area contributed by atoms with Crippen molar-refractivity contribution in [1.82, 2.24) is 4.90 Å². The van der Waals surface area contributed by atoms with Crippen LogP contribution in [0.1, 0.15) is 24.2 Å². The summed E-state index contributed by atoms with van der Waals surface area (Å²) in [5.41, 5.74) is 12.6. The molecule has 1 aromatic carbocycles. The lowest BCUT2D eigenvalue weighted by Gasteiger charge is -2.17. The number of rotatable bonds is 6. The zero-order valence-corrected chi connectivity index (χ0v) is 11.0. The third-order valence-electron chi connectivity index (χ3n) is 2.75. The fourth-order valence-corrected chi connectivity index (χ4v) is 1.69. The fraction of sp³-hybridized carbons (Fsp3) is 0.462. The topological polar surface area (TPSA) is 81.6 Å². The molecule has 0 aliphatic rings. The van der Waals surface area contributed by atoms with E-state index < -0.39 is 0 Å². The molecule has 0 atom stereocenters. The Morgan fingerprint density at radius 3 is 2.22 bits per heavy atom. The Labute approximate surface area is 108 Å². The van der Waals surface area contributed by atoms with E-state index in [0.717, 1.165) is 19.6 Å². The van der Waals surface area contributed by atoms with Crippen molar-refractivity contribution in [1.29, 1.82) is 0 Å². The number of ether oxygens (including phenoxy) is 1. The average Bonchev–Trinajstić information content (AvgIpc) is 2.33. The summed E-state index contributed by atoms with van der Waals surface area (Å²) in [6.45, 7) is 7.14. The van der Waals surface area contributed by atoms with E-state index in [2.05, 4.69) is 18.7 Å². The number of carbonyl (C=O) groups is 1. The molecular formula is C13H21N3O2. The molecule has 4 N–H and O–H groups in total. The molecule has 0 heterocycles. The lowest BCUT2D eigenvalue weighted by atomic mass is 10.2. The van der Waals surface area contributed by atoms with E-state index >= 15 is 0 Å². The number of nitrogen functional groups attached to an aromatic ring is 2. The van der Waals surface area contributed by atoms with Crippen LogP contribution in [0.25, 0.3) is 0 Å². The molecule has 0 aliphatic heterocycles. The number of hydrogen-bond acceptors (Lipinski definition) is 5. The molecule has 1 rings (SSSR count). The number of nitrogens with zero attached hydrogens (tertiary/aromatic N) is 1. The quantitative estimate of drug-likeness (QED) is 0.589. The SMILES string of the molecule is CCN(CC)CCOC(=O)c1cc(N)cc(N)c1. The van der Waals surface area contributed by atoms with Crippen LogP contribution in [0, 0.1) is 0 Å². The number of anilines is 2. The minimum Gasteiger partial charge on any atom is -0.461 e. The van der Waals surface area contributed by atoms with Crippen molar-refractivity contribution in [3.8, 4) is 0 Å². The van der Waals surface area contributed by atoms with Crippen molar-refractivity contribution >= 4 is 17.3 Å². The first-order chi connectivity index (χ1) is 8.56. The zero-order valence-electron chi connectivity index (χ0n) is 11.0. The van der Waals surface area contributed by atoms with E-state index in [1.165, 1.54) is 0 Å². The zero-order chi connectivity index (χ0) is 13.5. The molecule has 0 fully saturated rings. The van der Waals surface area contributed by atoms with Gasteiger partial charge in [-0.25, -0.2) is 4.79 Å². The Morgan fingerprint density at radius 1 is 1.17 bits per heavy atom. The molecule has 0 unspecified atom stereocenters. The van der Waals surface area contributed by atoms with Crippen LogP contribution in [0.4, 0.5) is 11.4 Å². The fourth-order valence-electron chi connectivity index (χ4n) is 1.69. The summed E-state index contributed by atoms with van der Waals surface area (Å²) in [6.07, 6.45) is 0. The highest BCUT2D eigenvalue weighted by molar-refractivity contribution is 5.91. The molecule has 0 bridgehead atoms. The second-order valence-electron chi connectivity index (χ2n) is 4.05. The lowest BCUT2D eigenvalue weighted by molar-refractivity contribution is 0.0466. The summed E-state index contributed by atoms with van der Waals surface area (Å²) >= 11 is 0. The van der Waals surface area contributed by atoms with Crippen molar-refractivity contribution in [2.45, 2.75) is 13.8 Å². The van der Waals surface area contributed by atoms with Crippen molar-refractivity contribution in [3.05, 3.63) is 23.8 Å². The van der Waals surface area contributed by atoms with Crippen molar-refractivity contribution in [2.75, 3.05) is 37.7 Å². The van der Waals surface area contributed by atoms with Crippen LogP contribution >= 0.6 is 0 Å². The van der Waals surface area contributed by atoms with Gasteiger partial charge in [0, 0.05) is 17.9 Å². The van der Waals surface area contributed by atoms with Gasteiger partial charge < -0.3 is 21.1 Å². The third kappa shape index (κ3) is 4.25. The maximum Gasteiger partial charge on any atom is 0.338 e. The number of nitrogens with two attached hydrogens (primary N) is 2. The van der Waals surface area contributed by atoms with Crippen LogP contribution in [0.15, 0.2) is 18.2 Å². The van der Waals surface area contributed by atoms with E-state index in [0.29, 0.717) is 23.5 Å². The first-order valence-corrected chi connectivity index (χ1v) is 6.12. The molecule has 5 heteroatoms. The average molecular weight is 251 g/mol. The van der Waals surface area contributed by atoms with Crippen molar-refractivity contribution in [2.24, 2.45) is 0 Å². The summed E-state index contributed by atoms with van der Waals surface area (Å²) in [6, 6.07) is 4.74. The molecule has 1 aromatic rings. The second-order valence-corrected chi connectivity index (χ2v) is 4.05. The van der Waals surface area contributed by atoms with Crippen molar-refractivity contribution in [3.63, 3.8) is 0 Å². The van der Waals surface area contributed by atoms with E-state index in [1.807, 2.05) is 0 Å². The maximum absolute atomic E-state index is 11.8. The highest BCUT2D eigenvalue weighted by atomic mass is 16.5. The monoisotopic (exact) mass is 251 g/mol. The van der Waals surface area contributed by atoms with Gasteiger partial charge in [-0.15, -0.1) is 0 Å². The molecule has 0 aliphatic carbocycles. The van der Waals surface area contributed by atoms with Gasteiger partial charge in [-0.2, -0.15) is 0 Å². The molecule has 18 heavy (non-hydrogen) atoms. The van der Waals surface area contributed by atoms with Crippen LogP contribution in [-0.2, 0) is 4.74 Å². The van der Waals surface area contributed by atoms with Crippen LogP contribution in [0.2, 0.25) is 0 Å². The van der Waals surface area contributed by atoms with E-state index in [9.17, 15) is 4.79 Å². The molecule has 0 aromatic heterocycles. The van der Waals surface area contributed by atoms with E-state index in [1.54, 1.807) is 18.2 Å². The van der Waals surface area contributed by atoms with E-state index in [-0.39, 0.29) is 5.97 Å². The summed E-state index contributed by atoms with van der Waals surface area (Å²) < 4.78 is 5.18. The maximum atomic E-state index is 11.8. The standard InChI is InChI=1S/C13H21N3O2/c1-3-16(4-2)5-6-18-13(17)10-7-11(14)9-12(15)8-10/h7-9H,3-6,14-15H2,1-2H3. The van der Waals surface area contributed by atoms with Crippen LogP contribution in [-0.4, -0.2) is 37.1 Å². The van der Waals surface area contributed by atoms with Gasteiger partial charge >= 0.3 is 5.97 Å². The number of benzene rings is 1. The summed E-state index contributed by atoms with van der Waals surface area (Å²) in [5.74, 6) is -0.388. The normalized spacial score (nSPS) is 10.6. The Kier molecular flexibility index (Phi) is 5.45. The van der Waals surface area contributed by atoms with Crippen molar-refractivity contribution < 1.29 is 9.53 Å². The molecule has 5 nitrogen and oxygen atoms in total. The molecule has 0 saturated carbocycles. The Bertz CT molecular complexity index is 383. The van der Waals surface area contributed by atoms with Gasteiger partial charge in [0.1, 0.15) is 6.61 Å². The van der Waals surface area contributed by atoms with Gasteiger partial charge in [0.15, 0.2) is 0 Å². The molecule has 100 valence electrons. The Balaban J connectivity index is 2.50. The van der Waals surface area contributed by atoms with Crippen LogP contribution in [0.5, 0.6) is 0 Å². The van der Waals surface area contributed by atoms with Gasteiger partial charge in [0.05, 0.1) is 5.56 Å². The number of carbonyl (C=O) groups excluding carboxylic acids is 1. The predicted octanol–water partition coefficient (Wildman–Crippen LogP) is 1.35. The van der Waals surface area contributed by atoms with Gasteiger partial charge in [0.2, 0.25) is 0 Å². The minimum atomic E-state index is -0.388. The molecular weight excluding hydrogens is 230 g/mol. The smallest absolute Gasteiger partial charge is 0.338 e. The Morgan fingerprint density at radius 2 is 1.72 bits per heavy atom. The van der Waals surface area contributed by atoms with Crippen LogP contribution < -0.4 is 11.5 Å². The molecule has 0 radical (unpaired) electrons. The van der Waals surface area contributed by atoms with E-state index in [4.69, 9.17) is 16.2 Å². The highest BCUT2D eigenvalue weighted by Gasteiger charge is 2.09. The predicted molar refractivity (Wildman–Crippen MR) is 73.3 cm³/mol. The molecule has 0 saturated heterocycles. The largest absolute Gasteiger partial charge is 0.461 e. The molecule has 0 spiro atoms. The first-order valence-electron chi connectivity index (χ1n) is 6.12. The summed E-state index contributed by atoms with van der Waals surface area (Å²) in [7, 11) is 0. The highest BCUT2D eigenvalue weighted by Crippen LogP contribution is 2.14. The molecule has 0 amide bonds. The summed E-state index contributed by atoms with van der Waals surface area (Å²) in [5, 5.41) is 0. The number of hydrogen-bond donors (Lipinski definition) is 2. The van der Waals surface area contributed by atoms with Gasteiger partial charge in [-0.1, -0.05) is 13.8 Å². The van der Waals surface area contributed by atoms with Gasteiger partial charge in [0.25, 0.3) is 0 Å². The second kappa shape index (κ2) is 6.86. The van der Waals surface area contributed by atoms with Crippen LogP contribution in [0.3, 0.4) is 0 Å². The minimum absolute atomic E-state index is 0.370. The summed E-state index contributed by atoms with van der Waals surface area (Å²) in [4.78, 5) is 13.9. The first kappa shape index (κ1) is 14.3. The van der Waals surface area contributed by atoms with Gasteiger partial charge in [-0.3, -0.25) is 0 Å². The Hall–Kier alpha value is -1.75. The lowest BCUT2D eigenvalue weighted by Crippen LogP contribution is -2.27. The van der Waals surface area contributed by atoms with Gasteiger partial charge in [-0.05, 0) is 31.3 Å². The third-order valence-corrected chi connectivity index (χ3v) is 2.75. The number of likely N-dealkylation sites (N-methyl/N-ethyl adjacent to an activating group) is 1.